The van der Waals surface area contributed by atoms with Crippen molar-refractivity contribution in [3.63, 3.8) is 0 Å². The van der Waals surface area contributed by atoms with E-state index < -0.39 is 5.97 Å². The molecule has 0 unspecified atom stereocenters. The van der Waals surface area contributed by atoms with Crippen LogP contribution in [0.2, 0.25) is 0 Å². The molecule has 16 heavy (non-hydrogen) atoms. The van der Waals surface area contributed by atoms with Gasteiger partial charge in [0.05, 0.1) is 13.7 Å². The number of esters is 1. The maximum atomic E-state index is 11.1. The number of carbonyl (C=O) groups is 1. The van der Waals surface area contributed by atoms with Gasteiger partial charge in [0.15, 0.2) is 0 Å². The van der Waals surface area contributed by atoms with Gasteiger partial charge in [0.1, 0.15) is 5.76 Å². The van der Waals surface area contributed by atoms with E-state index in [1.807, 2.05) is 0 Å². The smallest absolute Gasteiger partial charge is 0.373 e. The summed E-state index contributed by atoms with van der Waals surface area (Å²) in [5, 5.41) is 3.26. The molecule has 1 aromatic rings. The molecule has 4 nitrogen and oxygen atoms in total. The Hall–Kier alpha value is -1.29. The zero-order valence-corrected chi connectivity index (χ0v) is 9.91. The molecule has 0 saturated carbocycles. The van der Waals surface area contributed by atoms with E-state index in [1.54, 1.807) is 12.1 Å². The van der Waals surface area contributed by atoms with Gasteiger partial charge in [-0.3, -0.25) is 0 Å². The molecule has 1 rings (SSSR count). The Bertz CT molecular complexity index is 320. The zero-order valence-electron chi connectivity index (χ0n) is 9.91. The normalized spacial score (nSPS) is 10.4. The lowest BCUT2D eigenvalue weighted by Gasteiger charge is -2.01. The molecule has 0 aliphatic rings. The Balaban J connectivity index is 2.27. The van der Waals surface area contributed by atoms with Gasteiger partial charge >= 0.3 is 5.97 Å². The van der Waals surface area contributed by atoms with Gasteiger partial charge in [-0.15, -0.1) is 0 Å². The molecular formula is C12H19NO3. The van der Waals surface area contributed by atoms with Crippen LogP contribution >= 0.6 is 0 Å². The number of furan rings is 1. The summed E-state index contributed by atoms with van der Waals surface area (Å²) in [7, 11) is 1.34. The predicted molar refractivity (Wildman–Crippen MR) is 61.3 cm³/mol. The third-order valence-electron chi connectivity index (χ3n) is 2.30. The minimum absolute atomic E-state index is 0.257. The molecule has 0 bridgehead atoms. The van der Waals surface area contributed by atoms with Crippen molar-refractivity contribution < 1.29 is 13.9 Å². The van der Waals surface area contributed by atoms with Crippen molar-refractivity contribution in [3.8, 4) is 0 Å². The van der Waals surface area contributed by atoms with Crippen LogP contribution in [0.4, 0.5) is 0 Å². The number of unbranched alkanes of at least 4 members (excludes halogenated alkanes) is 2. The first-order valence-electron chi connectivity index (χ1n) is 5.65. The van der Waals surface area contributed by atoms with Crippen LogP contribution in [0.15, 0.2) is 16.5 Å². The van der Waals surface area contributed by atoms with E-state index in [2.05, 4.69) is 17.0 Å². The van der Waals surface area contributed by atoms with E-state index in [1.165, 1.54) is 26.4 Å². The summed E-state index contributed by atoms with van der Waals surface area (Å²) in [4.78, 5) is 11.1. The number of rotatable bonds is 7. The fourth-order valence-corrected chi connectivity index (χ4v) is 1.39. The number of ether oxygens (including phenoxy) is 1. The van der Waals surface area contributed by atoms with Gasteiger partial charge in [0.25, 0.3) is 0 Å². The maximum absolute atomic E-state index is 11.1. The standard InChI is InChI=1S/C12H19NO3/c1-3-4-5-8-13-9-10-6-7-11(16-10)12(14)15-2/h6-7,13H,3-5,8-9H2,1-2H3. The van der Waals surface area contributed by atoms with Crippen molar-refractivity contribution in [2.24, 2.45) is 0 Å². The van der Waals surface area contributed by atoms with E-state index >= 15 is 0 Å². The molecule has 90 valence electrons. The highest BCUT2D eigenvalue weighted by molar-refractivity contribution is 5.86. The lowest BCUT2D eigenvalue weighted by molar-refractivity contribution is 0.0563. The highest BCUT2D eigenvalue weighted by Crippen LogP contribution is 2.08. The molecule has 0 spiro atoms. The molecule has 1 aromatic heterocycles. The van der Waals surface area contributed by atoms with E-state index in [0.29, 0.717) is 6.54 Å². The molecule has 0 aliphatic carbocycles. The minimum atomic E-state index is -0.433. The number of nitrogens with one attached hydrogen (secondary N) is 1. The van der Waals surface area contributed by atoms with Crippen LogP contribution < -0.4 is 5.32 Å². The van der Waals surface area contributed by atoms with Gasteiger partial charge in [-0.25, -0.2) is 4.79 Å². The monoisotopic (exact) mass is 225 g/mol. The quantitative estimate of drug-likeness (QED) is 0.571. The van der Waals surface area contributed by atoms with E-state index in [-0.39, 0.29) is 5.76 Å². The topological polar surface area (TPSA) is 51.5 Å². The average molecular weight is 225 g/mol. The van der Waals surface area contributed by atoms with E-state index in [0.717, 1.165) is 12.3 Å². The molecule has 0 atom stereocenters. The SMILES string of the molecule is CCCCCNCc1ccc(C(=O)OC)o1. The first-order valence-corrected chi connectivity index (χ1v) is 5.65. The van der Waals surface area contributed by atoms with Gasteiger partial charge in [-0.2, -0.15) is 0 Å². The van der Waals surface area contributed by atoms with Gasteiger partial charge in [0.2, 0.25) is 5.76 Å². The van der Waals surface area contributed by atoms with E-state index in [4.69, 9.17) is 4.42 Å². The van der Waals surface area contributed by atoms with Crippen LogP contribution in [0.25, 0.3) is 0 Å². The fraction of sp³-hybridized carbons (Fsp3) is 0.583. The predicted octanol–water partition coefficient (Wildman–Crippen LogP) is 2.35. The van der Waals surface area contributed by atoms with E-state index in [9.17, 15) is 4.79 Å². The van der Waals surface area contributed by atoms with Gasteiger partial charge in [-0.1, -0.05) is 19.8 Å². The third kappa shape index (κ3) is 4.06. The Morgan fingerprint density at radius 1 is 1.44 bits per heavy atom. The van der Waals surface area contributed by atoms with Gasteiger partial charge in [0, 0.05) is 0 Å². The summed E-state index contributed by atoms with van der Waals surface area (Å²) < 4.78 is 9.86. The molecule has 1 heterocycles. The Morgan fingerprint density at radius 2 is 2.25 bits per heavy atom. The Kier molecular flexibility index (Phi) is 5.64. The Labute approximate surface area is 96.0 Å². The number of methoxy groups -OCH3 is 1. The van der Waals surface area contributed by atoms with Crippen molar-refractivity contribution in [1.82, 2.24) is 5.32 Å². The van der Waals surface area contributed by atoms with Crippen molar-refractivity contribution in [3.05, 3.63) is 23.7 Å². The fourth-order valence-electron chi connectivity index (χ4n) is 1.39. The van der Waals surface area contributed by atoms with Crippen LogP contribution in [0.5, 0.6) is 0 Å². The second kappa shape index (κ2) is 7.06. The molecule has 0 radical (unpaired) electrons. The molecule has 0 fully saturated rings. The highest BCUT2D eigenvalue weighted by Gasteiger charge is 2.10. The van der Waals surface area contributed by atoms with Crippen molar-refractivity contribution in [1.29, 1.82) is 0 Å². The maximum Gasteiger partial charge on any atom is 0.373 e. The lowest BCUT2D eigenvalue weighted by Crippen LogP contribution is -2.14. The van der Waals surface area contributed by atoms with Crippen molar-refractivity contribution in [2.45, 2.75) is 32.7 Å². The minimum Gasteiger partial charge on any atom is -0.463 e. The summed E-state index contributed by atoms with van der Waals surface area (Å²) in [6.45, 7) is 3.80. The highest BCUT2D eigenvalue weighted by atomic mass is 16.5. The first-order chi connectivity index (χ1) is 7.77. The van der Waals surface area contributed by atoms with Crippen LogP contribution in [0.3, 0.4) is 0 Å². The van der Waals surface area contributed by atoms with Crippen LogP contribution in [-0.4, -0.2) is 19.6 Å². The largest absolute Gasteiger partial charge is 0.463 e. The van der Waals surface area contributed by atoms with Gasteiger partial charge < -0.3 is 14.5 Å². The molecule has 0 aliphatic heterocycles. The van der Waals surface area contributed by atoms with Crippen molar-refractivity contribution >= 4 is 5.97 Å². The average Bonchev–Trinajstić information content (AvgIpc) is 2.76. The number of hydrogen-bond acceptors (Lipinski definition) is 4. The summed E-state index contributed by atoms with van der Waals surface area (Å²) in [5.41, 5.74) is 0. The van der Waals surface area contributed by atoms with Crippen LogP contribution in [0, 0.1) is 0 Å². The molecule has 1 N–H and O–H groups in total. The first kappa shape index (κ1) is 12.8. The summed E-state index contributed by atoms with van der Waals surface area (Å²) in [6, 6.07) is 3.42. The van der Waals surface area contributed by atoms with Crippen LogP contribution in [-0.2, 0) is 11.3 Å². The Morgan fingerprint density at radius 3 is 2.94 bits per heavy atom. The zero-order chi connectivity index (χ0) is 11.8. The third-order valence-corrected chi connectivity index (χ3v) is 2.30. The summed E-state index contributed by atoms with van der Waals surface area (Å²) in [6.07, 6.45) is 3.62. The number of hydrogen-bond donors (Lipinski definition) is 1. The molecular weight excluding hydrogens is 206 g/mol. The van der Waals surface area contributed by atoms with Crippen molar-refractivity contribution in [2.75, 3.05) is 13.7 Å². The number of carbonyl (C=O) groups excluding carboxylic acids is 1. The molecule has 0 aromatic carbocycles. The van der Waals surface area contributed by atoms with Crippen LogP contribution in [0.1, 0.15) is 42.5 Å². The lowest BCUT2D eigenvalue weighted by atomic mass is 10.2. The molecule has 4 heteroatoms. The second-order valence-electron chi connectivity index (χ2n) is 3.64. The summed E-state index contributed by atoms with van der Waals surface area (Å²) in [5.74, 6) is 0.585. The second-order valence-corrected chi connectivity index (χ2v) is 3.64. The van der Waals surface area contributed by atoms with Gasteiger partial charge in [-0.05, 0) is 25.1 Å². The molecule has 0 amide bonds. The summed E-state index contributed by atoms with van der Waals surface area (Å²) >= 11 is 0. The molecule has 0 saturated heterocycles.